The number of carbonyl (C=O) groups excluding carboxylic acids is 1. The highest BCUT2D eigenvalue weighted by Crippen LogP contribution is 2.12. The number of nitrogens with one attached hydrogen (secondary N) is 1. The molecular weight excluding hydrogens is 296 g/mol. The average Bonchev–Trinajstić information content (AvgIpc) is 2.60. The molecule has 2 aromatic heterocycles. The summed E-state index contributed by atoms with van der Waals surface area (Å²) in [4.78, 5) is 24.5. The Labute approximate surface area is 135 Å². The van der Waals surface area contributed by atoms with Gasteiger partial charge in [0.2, 0.25) is 11.8 Å². The first kappa shape index (κ1) is 16.7. The van der Waals surface area contributed by atoms with Crippen LogP contribution < -0.4 is 14.8 Å². The fourth-order valence-electron chi connectivity index (χ4n) is 1.75. The highest BCUT2D eigenvalue weighted by atomic mass is 16.5. The molecule has 1 atom stereocenters. The first-order valence-electron chi connectivity index (χ1n) is 7.39. The van der Waals surface area contributed by atoms with Crippen molar-refractivity contribution >= 4 is 5.91 Å². The Bertz CT molecular complexity index is 663. The van der Waals surface area contributed by atoms with E-state index in [0.717, 1.165) is 6.42 Å². The third-order valence-electron chi connectivity index (χ3n) is 3.19. The second-order valence-electron chi connectivity index (χ2n) is 4.92. The zero-order valence-electron chi connectivity index (χ0n) is 13.4. The Morgan fingerprint density at radius 2 is 2.04 bits per heavy atom. The van der Waals surface area contributed by atoms with Crippen molar-refractivity contribution in [3.05, 3.63) is 42.0 Å². The topological polar surface area (TPSA) is 86.2 Å². The van der Waals surface area contributed by atoms with Gasteiger partial charge in [0.05, 0.1) is 19.8 Å². The fraction of sp³-hybridized carbons (Fsp3) is 0.375. The maximum atomic E-state index is 12.2. The molecule has 122 valence electrons. The van der Waals surface area contributed by atoms with Crippen LogP contribution in [0.5, 0.6) is 11.8 Å². The maximum absolute atomic E-state index is 12.2. The molecular formula is C16H20N4O3. The maximum Gasteiger partial charge on any atom is 0.251 e. The van der Waals surface area contributed by atoms with Gasteiger partial charge in [-0.15, -0.1) is 0 Å². The molecule has 0 bridgehead atoms. The lowest BCUT2D eigenvalue weighted by molar-refractivity contribution is 0.0948. The third-order valence-corrected chi connectivity index (χ3v) is 3.19. The van der Waals surface area contributed by atoms with Crippen molar-refractivity contribution in [2.45, 2.75) is 32.9 Å². The number of carbonyl (C=O) groups is 1. The van der Waals surface area contributed by atoms with E-state index in [2.05, 4.69) is 20.3 Å². The van der Waals surface area contributed by atoms with Gasteiger partial charge in [-0.2, -0.15) is 4.98 Å². The van der Waals surface area contributed by atoms with E-state index in [1.807, 2.05) is 13.8 Å². The number of hydrogen-bond donors (Lipinski definition) is 1. The molecule has 2 aromatic rings. The van der Waals surface area contributed by atoms with Gasteiger partial charge in [-0.3, -0.25) is 4.79 Å². The van der Waals surface area contributed by atoms with Crippen molar-refractivity contribution in [3.8, 4) is 11.8 Å². The van der Waals surface area contributed by atoms with Crippen LogP contribution in [0.15, 0.2) is 30.6 Å². The number of rotatable bonds is 7. The summed E-state index contributed by atoms with van der Waals surface area (Å²) in [5.74, 6) is 1.12. The smallest absolute Gasteiger partial charge is 0.251 e. The molecule has 0 aliphatic rings. The van der Waals surface area contributed by atoms with Gasteiger partial charge in [-0.1, -0.05) is 6.92 Å². The van der Waals surface area contributed by atoms with Crippen LogP contribution in [0.1, 0.15) is 36.5 Å². The Kier molecular flexibility index (Phi) is 5.85. The zero-order valence-corrected chi connectivity index (χ0v) is 13.4. The quantitative estimate of drug-likeness (QED) is 0.840. The molecule has 7 nitrogen and oxygen atoms in total. The number of hydrogen-bond acceptors (Lipinski definition) is 6. The lowest BCUT2D eigenvalue weighted by atomic mass is 10.2. The first-order valence-corrected chi connectivity index (χ1v) is 7.39. The van der Waals surface area contributed by atoms with Crippen LogP contribution in [0, 0.1) is 0 Å². The minimum absolute atomic E-state index is 0.0472. The van der Waals surface area contributed by atoms with E-state index >= 15 is 0 Å². The van der Waals surface area contributed by atoms with E-state index < -0.39 is 0 Å². The molecule has 0 fully saturated rings. The summed E-state index contributed by atoms with van der Waals surface area (Å²) < 4.78 is 10.6. The summed E-state index contributed by atoms with van der Waals surface area (Å²) in [5, 5.41) is 2.76. The monoisotopic (exact) mass is 316 g/mol. The van der Waals surface area contributed by atoms with Gasteiger partial charge < -0.3 is 14.8 Å². The van der Waals surface area contributed by atoms with Crippen LogP contribution in [-0.4, -0.2) is 34.1 Å². The Balaban J connectivity index is 1.98. The molecule has 1 N–H and O–H groups in total. The largest absolute Gasteiger partial charge is 0.481 e. The van der Waals surface area contributed by atoms with E-state index in [-0.39, 0.29) is 18.6 Å². The van der Waals surface area contributed by atoms with Crippen LogP contribution in [0.3, 0.4) is 0 Å². The number of nitrogens with zero attached hydrogens (tertiary/aromatic N) is 3. The molecule has 0 spiro atoms. The van der Waals surface area contributed by atoms with Crippen LogP contribution in [0.25, 0.3) is 0 Å². The van der Waals surface area contributed by atoms with Crippen molar-refractivity contribution in [2.75, 3.05) is 7.11 Å². The standard InChI is InChI=1S/C16H20N4O3/c1-4-11(2)23-15-9-12(5-7-18-15)16(21)19-10-13-17-8-6-14(20-13)22-3/h5-9,11H,4,10H2,1-3H3,(H,19,21). The average molecular weight is 316 g/mol. The van der Waals surface area contributed by atoms with Gasteiger partial charge in [-0.05, 0) is 19.4 Å². The molecule has 2 rings (SSSR count). The van der Waals surface area contributed by atoms with E-state index in [1.165, 1.54) is 7.11 Å². The second kappa shape index (κ2) is 8.07. The summed E-state index contributed by atoms with van der Waals surface area (Å²) in [6.07, 6.45) is 4.05. The highest BCUT2D eigenvalue weighted by Gasteiger charge is 2.10. The molecule has 0 saturated heterocycles. The van der Waals surface area contributed by atoms with Crippen LogP contribution in [0.4, 0.5) is 0 Å². The highest BCUT2D eigenvalue weighted by molar-refractivity contribution is 5.94. The molecule has 1 unspecified atom stereocenters. The molecule has 0 saturated carbocycles. The van der Waals surface area contributed by atoms with E-state index in [4.69, 9.17) is 9.47 Å². The van der Waals surface area contributed by atoms with Gasteiger partial charge in [-0.25, -0.2) is 9.97 Å². The normalized spacial score (nSPS) is 11.6. The molecule has 2 heterocycles. The zero-order chi connectivity index (χ0) is 16.7. The molecule has 0 aromatic carbocycles. The molecule has 0 radical (unpaired) electrons. The fourth-order valence-corrected chi connectivity index (χ4v) is 1.75. The Morgan fingerprint density at radius 3 is 2.78 bits per heavy atom. The van der Waals surface area contributed by atoms with Crippen LogP contribution in [0.2, 0.25) is 0 Å². The van der Waals surface area contributed by atoms with Crippen LogP contribution in [-0.2, 0) is 6.54 Å². The summed E-state index contributed by atoms with van der Waals surface area (Å²) in [6.45, 7) is 4.18. The van der Waals surface area contributed by atoms with Gasteiger partial charge in [0.25, 0.3) is 5.91 Å². The number of methoxy groups -OCH3 is 1. The second-order valence-corrected chi connectivity index (χ2v) is 4.92. The lowest BCUT2D eigenvalue weighted by Crippen LogP contribution is -2.24. The van der Waals surface area contributed by atoms with Crippen molar-refractivity contribution < 1.29 is 14.3 Å². The molecule has 1 amide bonds. The lowest BCUT2D eigenvalue weighted by Gasteiger charge is -2.12. The third kappa shape index (κ3) is 4.91. The van der Waals surface area contributed by atoms with E-state index in [0.29, 0.717) is 23.1 Å². The van der Waals surface area contributed by atoms with Crippen molar-refractivity contribution in [1.29, 1.82) is 0 Å². The predicted octanol–water partition coefficient (Wildman–Crippen LogP) is 1.99. The van der Waals surface area contributed by atoms with Gasteiger partial charge in [0.15, 0.2) is 5.82 Å². The first-order chi connectivity index (χ1) is 11.1. The molecule has 0 aliphatic heterocycles. The van der Waals surface area contributed by atoms with Crippen molar-refractivity contribution in [1.82, 2.24) is 20.3 Å². The summed E-state index contributed by atoms with van der Waals surface area (Å²) in [5.41, 5.74) is 0.473. The Hall–Kier alpha value is -2.70. The number of pyridine rings is 1. The molecule has 7 heteroatoms. The number of ether oxygens (including phenoxy) is 2. The molecule has 23 heavy (non-hydrogen) atoms. The van der Waals surface area contributed by atoms with E-state index in [1.54, 1.807) is 30.6 Å². The van der Waals surface area contributed by atoms with E-state index in [9.17, 15) is 4.79 Å². The molecule has 0 aliphatic carbocycles. The minimum atomic E-state index is -0.243. The minimum Gasteiger partial charge on any atom is -0.481 e. The summed E-state index contributed by atoms with van der Waals surface area (Å²) in [7, 11) is 1.53. The van der Waals surface area contributed by atoms with Gasteiger partial charge in [0.1, 0.15) is 0 Å². The summed E-state index contributed by atoms with van der Waals surface area (Å²) >= 11 is 0. The predicted molar refractivity (Wildman–Crippen MR) is 84.4 cm³/mol. The van der Waals surface area contributed by atoms with Crippen molar-refractivity contribution in [2.24, 2.45) is 0 Å². The SMILES string of the molecule is CCC(C)Oc1cc(C(=O)NCc2nccc(OC)n2)ccn1. The van der Waals surface area contributed by atoms with Gasteiger partial charge >= 0.3 is 0 Å². The van der Waals surface area contributed by atoms with Gasteiger partial charge in [0, 0.05) is 30.1 Å². The van der Waals surface area contributed by atoms with Crippen molar-refractivity contribution in [3.63, 3.8) is 0 Å². The Morgan fingerprint density at radius 1 is 1.26 bits per heavy atom. The summed E-state index contributed by atoms with van der Waals surface area (Å²) in [6, 6.07) is 4.89. The number of aromatic nitrogens is 3. The number of amides is 1. The van der Waals surface area contributed by atoms with Crippen LogP contribution >= 0.6 is 0 Å².